The minimum absolute atomic E-state index is 0.147. The van der Waals surface area contributed by atoms with Crippen molar-refractivity contribution in [3.05, 3.63) is 77.4 Å². The molecule has 0 radical (unpaired) electrons. The molecule has 3 rings (SSSR count). The number of methoxy groups -OCH3 is 3. The van der Waals surface area contributed by atoms with Crippen molar-refractivity contribution in [1.29, 1.82) is 0 Å². The monoisotopic (exact) mass is 449 g/mol. The van der Waals surface area contributed by atoms with Gasteiger partial charge < -0.3 is 24.6 Å². The minimum Gasteiger partial charge on any atom is -0.508 e. The molecule has 3 aromatic carbocycles. The van der Waals surface area contributed by atoms with Crippen molar-refractivity contribution in [2.45, 2.75) is 0 Å². The fourth-order valence-electron chi connectivity index (χ4n) is 2.91. The number of aromatic hydroxyl groups is 1. The number of ether oxygens (including phenoxy) is 3. The fourth-order valence-corrected chi connectivity index (χ4v) is 2.91. The third-order valence-electron chi connectivity index (χ3n) is 4.60. The molecule has 0 atom stereocenters. The molecule has 0 aliphatic heterocycles. The third kappa shape index (κ3) is 5.79. The first-order valence-electron chi connectivity index (χ1n) is 9.79. The van der Waals surface area contributed by atoms with Crippen LogP contribution in [-0.4, -0.2) is 44.5 Å². The van der Waals surface area contributed by atoms with Crippen LogP contribution in [0.25, 0.3) is 0 Å². The summed E-state index contributed by atoms with van der Waals surface area (Å²) in [6.07, 6.45) is 1.46. The van der Waals surface area contributed by atoms with Gasteiger partial charge in [-0.05, 0) is 66.2 Å². The van der Waals surface area contributed by atoms with Gasteiger partial charge in [-0.1, -0.05) is 0 Å². The number of hydrogen-bond donors (Lipinski definition) is 3. The van der Waals surface area contributed by atoms with E-state index in [0.717, 1.165) is 5.56 Å². The second kappa shape index (κ2) is 10.7. The molecule has 170 valence electrons. The van der Waals surface area contributed by atoms with Gasteiger partial charge in [0.15, 0.2) is 11.5 Å². The van der Waals surface area contributed by atoms with Gasteiger partial charge in [0, 0.05) is 16.8 Å². The summed E-state index contributed by atoms with van der Waals surface area (Å²) in [4.78, 5) is 24.9. The molecular weight excluding hydrogens is 426 g/mol. The Kier molecular flexibility index (Phi) is 7.48. The number of phenols is 1. The van der Waals surface area contributed by atoms with E-state index in [2.05, 4.69) is 15.8 Å². The molecule has 3 N–H and O–H groups in total. The lowest BCUT2D eigenvalue weighted by atomic mass is 10.1. The van der Waals surface area contributed by atoms with Crippen LogP contribution in [0, 0.1) is 0 Å². The maximum absolute atomic E-state index is 12.7. The average molecular weight is 449 g/mol. The Morgan fingerprint density at radius 3 is 1.97 bits per heavy atom. The topological polar surface area (TPSA) is 118 Å². The molecule has 0 aromatic heterocycles. The largest absolute Gasteiger partial charge is 0.508 e. The lowest BCUT2D eigenvalue weighted by Crippen LogP contribution is -2.18. The average Bonchev–Trinajstić information content (AvgIpc) is 2.84. The molecule has 9 heteroatoms. The molecule has 0 saturated carbocycles. The fraction of sp³-hybridized carbons (Fsp3) is 0.125. The van der Waals surface area contributed by atoms with E-state index in [1.54, 1.807) is 48.5 Å². The molecular formula is C24H23N3O6. The SMILES string of the molecule is COc1cc(C(=O)Nc2ccc(C(=O)N/N=C/c3ccc(O)cc3)cc2)cc(OC)c1OC. The molecule has 9 nitrogen and oxygen atoms in total. The van der Waals surface area contributed by atoms with Crippen molar-refractivity contribution in [1.82, 2.24) is 5.43 Å². The highest BCUT2D eigenvalue weighted by molar-refractivity contribution is 6.05. The van der Waals surface area contributed by atoms with E-state index >= 15 is 0 Å². The lowest BCUT2D eigenvalue weighted by Gasteiger charge is -2.14. The second-order valence-corrected chi connectivity index (χ2v) is 6.74. The van der Waals surface area contributed by atoms with Crippen LogP contribution in [0.2, 0.25) is 0 Å². The smallest absolute Gasteiger partial charge is 0.271 e. The van der Waals surface area contributed by atoms with Crippen LogP contribution in [0.15, 0.2) is 65.8 Å². The normalized spacial score (nSPS) is 10.5. The number of hydrogen-bond acceptors (Lipinski definition) is 7. The Morgan fingerprint density at radius 1 is 0.818 bits per heavy atom. The summed E-state index contributed by atoms with van der Waals surface area (Å²) < 4.78 is 15.8. The molecule has 0 unspecified atom stereocenters. The quantitative estimate of drug-likeness (QED) is 0.358. The van der Waals surface area contributed by atoms with E-state index < -0.39 is 5.91 Å². The predicted molar refractivity (Wildman–Crippen MR) is 124 cm³/mol. The number of amides is 2. The van der Waals surface area contributed by atoms with E-state index in [4.69, 9.17) is 14.2 Å². The number of benzene rings is 3. The van der Waals surface area contributed by atoms with Crippen LogP contribution >= 0.6 is 0 Å². The lowest BCUT2D eigenvalue weighted by molar-refractivity contribution is 0.0954. The third-order valence-corrected chi connectivity index (χ3v) is 4.60. The summed E-state index contributed by atoms with van der Waals surface area (Å²) in [5.41, 5.74) is 4.32. The van der Waals surface area contributed by atoms with Gasteiger partial charge in [0.05, 0.1) is 27.5 Å². The van der Waals surface area contributed by atoms with Gasteiger partial charge in [-0.25, -0.2) is 5.43 Å². The van der Waals surface area contributed by atoms with Crippen molar-refractivity contribution in [3.63, 3.8) is 0 Å². The van der Waals surface area contributed by atoms with Gasteiger partial charge in [0.2, 0.25) is 5.75 Å². The van der Waals surface area contributed by atoms with Crippen molar-refractivity contribution in [2.75, 3.05) is 26.6 Å². The number of nitrogens with zero attached hydrogens (tertiary/aromatic N) is 1. The summed E-state index contributed by atoms with van der Waals surface area (Å²) in [5.74, 6) is 0.467. The molecule has 0 heterocycles. The van der Waals surface area contributed by atoms with E-state index in [-0.39, 0.29) is 11.7 Å². The van der Waals surface area contributed by atoms with Crippen LogP contribution in [0.4, 0.5) is 5.69 Å². The predicted octanol–water partition coefficient (Wildman–Crippen LogP) is 3.43. The number of phenolic OH excluding ortho intramolecular Hbond substituents is 1. The first kappa shape index (κ1) is 23.1. The number of rotatable bonds is 8. The van der Waals surface area contributed by atoms with E-state index in [1.165, 1.54) is 39.7 Å². The summed E-state index contributed by atoms with van der Waals surface area (Å²) in [6.45, 7) is 0. The van der Waals surface area contributed by atoms with E-state index in [0.29, 0.717) is 34.1 Å². The molecule has 0 bridgehead atoms. The number of hydrazone groups is 1. The Bertz CT molecular complexity index is 1130. The van der Waals surface area contributed by atoms with Crippen LogP contribution < -0.4 is 25.0 Å². The first-order valence-corrected chi connectivity index (χ1v) is 9.79. The molecule has 0 aliphatic carbocycles. The summed E-state index contributed by atoms with van der Waals surface area (Å²) >= 11 is 0. The Balaban J connectivity index is 1.64. The standard InChI is InChI=1S/C24H23N3O6/c1-31-20-12-17(13-21(32-2)22(20)33-3)23(29)26-18-8-6-16(7-9-18)24(30)27-25-14-15-4-10-19(28)11-5-15/h4-14,28H,1-3H3,(H,26,29)(H,27,30)/b25-14+. The highest BCUT2D eigenvalue weighted by atomic mass is 16.5. The number of anilines is 1. The zero-order chi connectivity index (χ0) is 23.8. The highest BCUT2D eigenvalue weighted by Gasteiger charge is 2.17. The summed E-state index contributed by atoms with van der Waals surface area (Å²) in [6, 6.07) is 15.8. The van der Waals surface area contributed by atoms with Gasteiger partial charge in [-0.3, -0.25) is 9.59 Å². The van der Waals surface area contributed by atoms with Crippen LogP contribution in [-0.2, 0) is 0 Å². The van der Waals surface area contributed by atoms with Gasteiger partial charge >= 0.3 is 0 Å². The maximum Gasteiger partial charge on any atom is 0.271 e. The summed E-state index contributed by atoms with van der Waals surface area (Å²) in [5, 5.41) is 15.9. The first-order chi connectivity index (χ1) is 15.9. The Labute approximate surface area is 190 Å². The number of nitrogens with one attached hydrogen (secondary N) is 2. The van der Waals surface area contributed by atoms with E-state index in [1.807, 2.05) is 0 Å². The zero-order valence-electron chi connectivity index (χ0n) is 18.3. The van der Waals surface area contributed by atoms with Crippen molar-refractivity contribution in [2.24, 2.45) is 5.10 Å². The van der Waals surface area contributed by atoms with Gasteiger partial charge in [0.1, 0.15) is 5.75 Å². The highest BCUT2D eigenvalue weighted by Crippen LogP contribution is 2.38. The minimum atomic E-state index is -0.410. The Morgan fingerprint density at radius 2 is 1.42 bits per heavy atom. The van der Waals surface area contributed by atoms with E-state index in [9.17, 15) is 14.7 Å². The molecule has 0 aliphatic rings. The van der Waals surface area contributed by atoms with Gasteiger partial charge in [-0.2, -0.15) is 5.10 Å². The van der Waals surface area contributed by atoms with Crippen LogP contribution in [0.5, 0.6) is 23.0 Å². The van der Waals surface area contributed by atoms with Gasteiger partial charge in [0.25, 0.3) is 11.8 Å². The molecule has 2 amide bonds. The van der Waals surface area contributed by atoms with Gasteiger partial charge in [-0.15, -0.1) is 0 Å². The molecule has 0 fully saturated rings. The van der Waals surface area contributed by atoms with Crippen molar-refractivity contribution in [3.8, 4) is 23.0 Å². The zero-order valence-corrected chi connectivity index (χ0v) is 18.3. The summed E-state index contributed by atoms with van der Waals surface area (Å²) in [7, 11) is 4.42. The number of carbonyl (C=O) groups excluding carboxylic acids is 2. The van der Waals surface area contributed by atoms with Crippen molar-refractivity contribution >= 4 is 23.7 Å². The molecule has 33 heavy (non-hydrogen) atoms. The molecule has 0 saturated heterocycles. The maximum atomic E-state index is 12.7. The van der Waals surface area contributed by atoms with Crippen LogP contribution in [0.1, 0.15) is 26.3 Å². The second-order valence-electron chi connectivity index (χ2n) is 6.74. The number of carbonyl (C=O) groups is 2. The molecule has 0 spiro atoms. The van der Waals surface area contributed by atoms with Crippen LogP contribution in [0.3, 0.4) is 0 Å². The molecule has 3 aromatic rings. The Hall–Kier alpha value is -4.53. The van der Waals surface area contributed by atoms with Crippen molar-refractivity contribution < 1.29 is 28.9 Å².